The third kappa shape index (κ3) is 5.57. The van der Waals surface area contributed by atoms with Crippen LogP contribution in [0.25, 0.3) is 0 Å². The molecule has 0 unspecified atom stereocenters. The normalized spacial score (nSPS) is 10.7. The maximum Gasteiger partial charge on any atom is 0.307 e. The molecule has 0 saturated heterocycles. The molecule has 2 aromatic rings. The van der Waals surface area contributed by atoms with Crippen LogP contribution < -0.4 is 0 Å². The molecule has 0 bridgehead atoms. The smallest absolute Gasteiger partial charge is 0.307 e. The average molecular weight is 383 g/mol. The van der Waals surface area contributed by atoms with E-state index in [0.29, 0.717) is 19.0 Å². The fourth-order valence-electron chi connectivity index (χ4n) is 2.50. The number of amides is 1. The van der Waals surface area contributed by atoms with Gasteiger partial charge in [-0.25, -0.2) is 18.2 Å². The molecule has 9 heteroatoms. The third-order valence-corrected chi connectivity index (χ3v) is 3.85. The van der Waals surface area contributed by atoms with Crippen LogP contribution in [0.4, 0.5) is 13.2 Å². The Hall–Kier alpha value is -2.84. The van der Waals surface area contributed by atoms with Crippen LogP contribution in [0.15, 0.2) is 30.9 Å². The van der Waals surface area contributed by atoms with Gasteiger partial charge in [0.25, 0.3) is 5.91 Å². The van der Waals surface area contributed by atoms with E-state index in [9.17, 15) is 22.8 Å². The molecule has 1 aromatic heterocycles. The number of nitrogens with zero attached hydrogens (tertiary/aromatic N) is 3. The van der Waals surface area contributed by atoms with Gasteiger partial charge in [0.1, 0.15) is 0 Å². The number of carbonyl (C=O) groups excluding carboxylic acids is 2. The van der Waals surface area contributed by atoms with Crippen molar-refractivity contribution in [1.82, 2.24) is 14.5 Å². The van der Waals surface area contributed by atoms with E-state index in [-0.39, 0.29) is 26.1 Å². The molecule has 0 aliphatic carbocycles. The summed E-state index contributed by atoms with van der Waals surface area (Å²) >= 11 is 0. The lowest BCUT2D eigenvalue weighted by Crippen LogP contribution is -2.35. The molecule has 0 radical (unpaired) electrons. The molecule has 0 spiro atoms. The molecule has 0 aliphatic heterocycles. The summed E-state index contributed by atoms with van der Waals surface area (Å²) in [5.41, 5.74) is -0.583. The van der Waals surface area contributed by atoms with Gasteiger partial charge in [0, 0.05) is 32.0 Å². The van der Waals surface area contributed by atoms with Gasteiger partial charge in [-0.3, -0.25) is 9.59 Å². The Kier molecular flexibility index (Phi) is 7.39. The molecule has 0 saturated carbocycles. The van der Waals surface area contributed by atoms with Crippen LogP contribution in [-0.4, -0.2) is 46.0 Å². The van der Waals surface area contributed by atoms with E-state index in [2.05, 4.69) is 4.98 Å². The van der Waals surface area contributed by atoms with Gasteiger partial charge in [-0.2, -0.15) is 0 Å². The largest absolute Gasteiger partial charge is 0.466 e. The van der Waals surface area contributed by atoms with Gasteiger partial charge in [0.05, 0.1) is 24.9 Å². The summed E-state index contributed by atoms with van der Waals surface area (Å²) in [4.78, 5) is 29.3. The van der Waals surface area contributed by atoms with Crippen LogP contribution in [-0.2, 0) is 16.1 Å². The summed E-state index contributed by atoms with van der Waals surface area (Å²) in [6.45, 7) is 2.56. The van der Waals surface area contributed by atoms with Crippen LogP contribution in [0.1, 0.15) is 30.1 Å². The molecule has 27 heavy (non-hydrogen) atoms. The minimum Gasteiger partial charge on any atom is -0.466 e. The van der Waals surface area contributed by atoms with Crippen molar-refractivity contribution in [2.45, 2.75) is 26.3 Å². The first-order valence-electron chi connectivity index (χ1n) is 8.48. The summed E-state index contributed by atoms with van der Waals surface area (Å²) in [6.07, 6.45) is 5.38. The Morgan fingerprint density at radius 2 is 1.96 bits per heavy atom. The number of ether oxygens (including phenoxy) is 1. The number of benzene rings is 1. The second-order valence-corrected chi connectivity index (χ2v) is 5.72. The number of esters is 1. The van der Waals surface area contributed by atoms with Crippen LogP contribution in [0, 0.1) is 17.5 Å². The molecule has 0 N–H and O–H groups in total. The number of hydrogen-bond donors (Lipinski definition) is 0. The standard InChI is InChI=1S/C18H20F3N3O3/c1-2-27-15(25)6-10-24(9-3-8-23-11-7-22-12-23)18(26)13-4-5-14(19)17(21)16(13)20/h4-5,7,11-12H,2-3,6,8-10H2,1H3. The molecule has 6 nitrogen and oxygen atoms in total. The fraction of sp³-hybridized carbons (Fsp3) is 0.389. The Balaban J connectivity index is 2.10. The quantitative estimate of drug-likeness (QED) is 0.493. The van der Waals surface area contributed by atoms with Crippen molar-refractivity contribution in [1.29, 1.82) is 0 Å². The summed E-state index contributed by atoms with van der Waals surface area (Å²) in [5.74, 6) is -5.94. The molecule has 0 aliphatic rings. The molecule has 0 atom stereocenters. The summed E-state index contributed by atoms with van der Waals surface area (Å²) in [6, 6.07) is 1.59. The van der Waals surface area contributed by atoms with E-state index >= 15 is 0 Å². The van der Waals surface area contributed by atoms with Gasteiger partial charge in [-0.1, -0.05) is 0 Å². The lowest BCUT2D eigenvalue weighted by atomic mass is 10.1. The first-order valence-corrected chi connectivity index (χ1v) is 8.48. The second-order valence-electron chi connectivity index (χ2n) is 5.72. The minimum absolute atomic E-state index is 0.0277. The third-order valence-electron chi connectivity index (χ3n) is 3.85. The number of rotatable bonds is 9. The first-order chi connectivity index (χ1) is 12.9. The molecule has 146 valence electrons. The Morgan fingerprint density at radius 3 is 2.63 bits per heavy atom. The summed E-state index contributed by atoms with van der Waals surface area (Å²) < 4.78 is 47.2. The molecule has 2 rings (SSSR count). The Morgan fingerprint density at radius 1 is 1.19 bits per heavy atom. The van der Waals surface area contributed by atoms with E-state index in [1.807, 2.05) is 0 Å². The van der Waals surface area contributed by atoms with E-state index in [0.717, 1.165) is 6.07 Å². The first kappa shape index (κ1) is 20.5. The number of carbonyl (C=O) groups is 2. The van der Waals surface area contributed by atoms with Crippen molar-refractivity contribution in [2.24, 2.45) is 0 Å². The molecule has 0 fully saturated rings. The van der Waals surface area contributed by atoms with Crippen molar-refractivity contribution in [3.8, 4) is 0 Å². The molecule has 1 aromatic carbocycles. The zero-order valence-electron chi connectivity index (χ0n) is 14.8. The second kappa shape index (κ2) is 9.75. The van der Waals surface area contributed by atoms with Gasteiger partial charge < -0.3 is 14.2 Å². The van der Waals surface area contributed by atoms with Crippen molar-refractivity contribution in [3.63, 3.8) is 0 Å². The van der Waals surface area contributed by atoms with Crippen molar-refractivity contribution < 1.29 is 27.5 Å². The summed E-state index contributed by atoms with van der Waals surface area (Å²) in [7, 11) is 0. The monoisotopic (exact) mass is 383 g/mol. The number of aryl methyl sites for hydroxylation is 1. The number of aromatic nitrogens is 2. The number of halogens is 3. The van der Waals surface area contributed by atoms with E-state index < -0.39 is 34.9 Å². The van der Waals surface area contributed by atoms with Crippen LogP contribution in [0.2, 0.25) is 0 Å². The van der Waals surface area contributed by atoms with Gasteiger partial charge in [0.15, 0.2) is 17.5 Å². The van der Waals surface area contributed by atoms with Crippen LogP contribution in [0.3, 0.4) is 0 Å². The molecular weight excluding hydrogens is 363 g/mol. The van der Waals surface area contributed by atoms with Gasteiger partial charge in [0.2, 0.25) is 0 Å². The highest BCUT2D eigenvalue weighted by Gasteiger charge is 2.23. The molecule has 1 amide bonds. The maximum absolute atomic E-state index is 14.0. The Bertz CT molecular complexity index is 782. The van der Waals surface area contributed by atoms with Crippen molar-refractivity contribution in [2.75, 3.05) is 19.7 Å². The molecular formula is C18H20F3N3O3. The molecule has 1 heterocycles. The zero-order chi connectivity index (χ0) is 19.8. The van der Waals surface area contributed by atoms with E-state index in [1.165, 1.54) is 4.90 Å². The predicted octanol–water partition coefficient (Wildman–Crippen LogP) is 2.79. The SMILES string of the molecule is CCOC(=O)CCN(CCCn1ccnc1)C(=O)c1ccc(F)c(F)c1F. The van der Waals surface area contributed by atoms with E-state index in [1.54, 1.807) is 30.2 Å². The van der Waals surface area contributed by atoms with E-state index in [4.69, 9.17) is 4.74 Å². The summed E-state index contributed by atoms with van der Waals surface area (Å²) in [5, 5.41) is 0. The minimum atomic E-state index is -1.70. The predicted molar refractivity (Wildman–Crippen MR) is 90.3 cm³/mol. The Labute approximate surface area is 154 Å². The lowest BCUT2D eigenvalue weighted by Gasteiger charge is -2.23. The highest BCUT2D eigenvalue weighted by atomic mass is 19.2. The van der Waals surface area contributed by atoms with Crippen molar-refractivity contribution >= 4 is 11.9 Å². The maximum atomic E-state index is 14.0. The lowest BCUT2D eigenvalue weighted by molar-refractivity contribution is -0.143. The van der Waals surface area contributed by atoms with Crippen LogP contribution >= 0.6 is 0 Å². The topological polar surface area (TPSA) is 64.4 Å². The number of imidazole rings is 1. The van der Waals surface area contributed by atoms with Gasteiger partial charge in [-0.15, -0.1) is 0 Å². The van der Waals surface area contributed by atoms with Gasteiger partial charge in [-0.05, 0) is 25.5 Å². The van der Waals surface area contributed by atoms with Crippen molar-refractivity contribution in [3.05, 3.63) is 53.9 Å². The zero-order valence-corrected chi connectivity index (χ0v) is 14.8. The van der Waals surface area contributed by atoms with Crippen LogP contribution in [0.5, 0.6) is 0 Å². The van der Waals surface area contributed by atoms with Gasteiger partial charge >= 0.3 is 5.97 Å². The number of hydrogen-bond acceptors (Lipinski definition) is 4. The highest BCUT2D eigenvalue weighted by molar-refractivity contribution is 5.94. The average Bonchev–Trinajstić information content (AvgIpc) is 3.16. The highest BCUT2D eigenvalue weighted by Crippen LogP contribution is 2.17. The fourth-order valence-corrected chi connectivity index (χ4v) is 2.50.